The van der Waals surface area contributed by atoms with Crippen LogP contribution in [0.2, 0.25) is 0 Å². The van der Waals surface area contributed by atoms with Crippen molar-refractivity contribution in [2.75, 3.05) is 33.8 Å². The summed E-state index contributed by atoms with van der Waals surface area (Å²) in [6.45, 7) is 16.4. The van der Waals surface area contributed by atoms with Crippen LogP contribution in [0.1, 0.15) is 50.7 Å². The summed E-state index contributed by atoms with van der Waals surface area (Å²) in [5.74, 6) is 0.944. The molecule has 0 fully saturated rings. The monoisotopic (exact) mass is 525 g/mol. The lowest BCUT2D eigenvalue weighted by atomic mass is 10.1. The van der Waals surface area contributed by atoms with Crippen molar-refractivity contribution in [1.82, 2.24) is 20.7 Å². The van der Waals surface area contributed by atoms with Crippen LogP contribution >= 0.6 is 0 Å². The molecular formula is C31H51N5O2. The molecule has 7 heteroatoms. The second-order valence-electron chi connectivity index (χ2n) is 8.82. The van der Waals surface area contributed by atoms with E-state index in [0.29, 0.717) is 32.6 Å². The van der Waals surface area contributed by atoms with E-state index < -0.39 is 0 Å². The van der Waals surface area contributed by atoms with Gasteiger partial charge >= 0.3 is 0 Å². The minimum Gasteiger partial charge on any atom is -0.497 e. The van der Waals surface area contributed by atoms with Crippen LogP contribution in [0.4, 0.5) is 0 Å². The van der Waals surface area contributed by atoms with E-state index in [-0.39, 0.29) is 12.1 Å². The molecule has 0 bridgehead atoms. The van der Waals surface area contributed by atoms with Crippen LogP contribution in [-0.4, -0.2) is 55.8 Å². The van der Waals surface area contributed by atoms with Gasteiger partial charge in [0.25, 0.3) is 0 Å². The number of ether oxygens (including phenoxy) is 1. The summed E-state index contributed by atoms with van der Waals surface area (Å²) in [6.07, 6.45) is 5.89. The number of nitrogens with two attached hydrogens (primary N) is 1. The van der Waals surface area contributed by atoms with Gasteiger partial charge in [0.05, 0.1) is 19.8 Å². The van der Waals surface area contributed by atoms with Crippen LogP contribution in [0, 0.1) is 0 Å². The van der Waals surface area contributed by atoms with Crippen molar-refractivity contribution in [3.63, 3.8) is 0 Å². The summed E-state index contributed by atoms with van der Waals surface area (Å²) >= 11 is 0. The van der Waals surface area contributed by atoms with E-state index in [1.165, 1.54) is 12.0 Å². The van der Waals surface area contributed by atoms with Gasteiger partial charge in [-0.25, -0.2) is 5.01 Å². The minimum atomic E-state index is -0.327. The smallest absolute Gasteiger partial charge is 0.224 e. The molecule has 38 heavy (non-hydrogen) atoms. The first-order chi connectivity index (χ1) is 18.4. The SMILES string of the molecule is C=C.C=CNC(N)CN(CCCCc1ccccc1)C(=O)CCN(C)NCc1ccc(OC)cc1.CCC. The number of methoxy groups -OCH3 is 1. The number of unbranched alkanes of at least 4 members (excludes halogenated alkanes) is 1. The zero-order chi connectivity index (χ0) is 28.6. The Kier molecular flexibility index (Phi) is 21.1. The number of amides is 1. The van der Waals surface area contributed by atoms with Gasteiger partial charge in [0.15, 0.2) is 0 Å². The zero-order valence-corrected chi connectivity index (χ0v) is 24.1. The Labute approximate surface area is 231 Å². The fourth-order valence-corrected chi connectivity index (χ4v) is 3.51. The standard InChI is InChI=1S/C26H39N5O2.C3H8.C2H4/c1-4-28-25(27)21-31(18-9-8-12-22-10-6-5-7-11-22)26(32)17-19-30(2)29-20-23-13-15-24(33-3)16-14-23;1-3-2;1-2/h4-7,10-11,13-16,25,28-29H,1,8-9,12,17-21,27H2,2-3H3;3H2,1-2H3;1-2H2. The van der Waals surface area contributed by atoms with Gasteiger partial charge in [0.2, 0.25) is 5.91 Å². The molecule has 0 aromatic heterocycles. The maximum absolute atomic E-state index is 12.9. The second-order valence-corrected chi connectivity index (χ2v) is 8.82. The highest BCUT2D eigenvalue weighted by atomic mass is 16.5. The fourth-order valence-electron chi connectivity index (χ4n) is 3.51. The highest BCUT2D eigenvalue weighted by Gasteiger charge is 2.16. The Morgan fingerprint density at radius 2 is 1.66 bits per heavy atom. The maximum Gasteiger partial charge on any atom is 0.224 e. The first kappa shape index (κ1) is 34.9. The van der Waals surface area contributed by atoms with Crippen molar-refractivity contribution in [2.24, 2.45) is 5.73 Å². The van der Waals surface area contributed by atoms with Gasteiger partial charge in [-0.1, -0.05) is 69.3 Å². The number of carbonyl (C=O) groups is 1. The molecule has 0 heterocycles. The lowest BCUT2D eigenvalue weighted by Crippen LogP contribution is -2.48. The second kappa shape index (κ2) is 23.0. The van der Waals surface area contributed by atoms with Crippen molar-refractivity contribution in [1.29, 1.82) is 0 Å². The first-order valence-electron chi connectivity index (χ1n) is 13.4. The van der Waals surface area contributed by atoms with Gasteiger partial charge in [-0.05, 0) is 48.7 Å². The third-order valence-electron chi connectivity index (χ3n) is 5.46. The predicted octanol–water partition coefficient (Wildman–Crippen LogP) is 5.11. The van der Waals surface area contributed by atoms with E-state index in [9.17, 15) is 4.79 Å². The van der Waals surface area contributed by atoms with Gasteiger partial charge in [-0.15, -0.1) is 13.2 Å². The molecule has 7 nitrogen and oxygen atoms in total. The van der Waals surface area contributed by atoms with E-state index in [4.69, 9.17) is 10.5 Å². The Hall–Kier alpha value is -3.13. The molecule has 2 aromatic carbocycles. The number of nitrogens with zero attached hydrogens (tertiary/aromatic N) is 2. The van der Waals surface area contributed by atoms with E-state index in [0.717, 1.165) is 30.6 Å². The number of rotatable bonds is 16. The quantitative estimate of drug-likeness (QED) is 0.122. The van der Waals surface area contributed by atoms with Gasteiger partial charge in [0, 0.05) is 33.1 Å². The topological polar surface area (TPSA) is 82.9 Å². The number of nitrogens with one attached hydrogen (secondary N) is 2. The number of hydrazine groups is 1. The first-order valence-corrected chi connectivity index (χ1v) is 13.4. The highest BCUT2D eigenvalue weighted by molar-refractivity contribution is 5.76. The van der Waals surface area contributed by atoms with Crippen molar-refractivity contribution in [2.45, 2.75) is 58.7 Å². The molecule has 4 N–H and O–H groups in total. The van der Waals surface area contributed by atoms with Crippen LogP contribution in [0.5, 0.6) is 5.75 Å². The van der Waals surface area contributed by atoms with Crippen molar-refractivity contribution in [3.8, 4) is 5.75 Å². The Morgan fingerprint density at radius 1 is 1.03 bits per heavy atom. The molecule has 0 radical (unpaired) electrons. The summed E-state index contributed by atoms with van der Waals surface area (Å²) < 4.78 is 5.19. The molecule has 0 aliphatic heterocycles. The molecule has 1 unspecified atom stereocenters. The van der Waals surface area contributed by atoms with Crippen molar-refractivity contribution in [3.05, 3.63) is 91.7 Å². The summed E-state index contributed by atoms with van der Waals surface area (Å²) in [6, 6.07) is 18.4. The lowest BCUT2D eigenvalue weighted by molar-refractivity contribution is -0.132. The molecule has 2 aromatic rings. The van der Waals surface area contributed by atoms with E-state index in [1.54, 1.807) is 13.3 Å². The van der Waals surface area contributed by atoms with Crippen molar-refractivity contribution < 1.29 is 9.53 Å². The lowest BCUT2D eigenvalue weighted by Gasteiger charge is -2.27. The molecule has 0 saturated carbocycles. The summed E-state index contributed by atoms with van der Waals surface area (Å²) in [7, 11) is 3.61. The van der Waals surface area contributed by atoms with Gasteiger partial charge in [-0.3, -0.25) is 10.2 Å². The largest absolute Gasteiger partial charge is 0.497 e. The van der Waals surface area contributed by atoms with Crippen molar-refractivity contribution >= 4 is 5.91 Å². The average molecular weight is 526 g/mol. The number of benzene rings is 2. The maximum atomic E-state index is 12.9. The van der Waals surface area contributed by atoms with E-state index >= 15 is 0 Å². The molecule has 1 amide bonds. The minimum absolute atomic E-state index is 0.106. The number of hydrogen-bond acceptors (Lipinski definition) is 6. The van der Waals surface area contributed by atoms with Gasteiger partial charge in [0.1, 0.15) is 5.75 Å². The summed E-state index contributed by atoms with van der Waals surface area (Å²) in [5, 5.41) is 4.93. The molecule has 1 atom stereocenters. The molecule has 2 rings (SSSR count). The molecule has 0 saturated heterocycles. The number of hydrogen-bond donors (Lipinski definition) is 3. The molecule has 0 spiro atoms. The Balaban J connectivity index is 0.00000255. The van der Waals surface area contributed by atoms with Gasteiger partial charge < -0.3 is 20.7 Å². The van der Waals surface area contributed by atoms with Crippen LogP contribution in [-0.2, 0) is 17.8 Å². The van der Waals surface area contributed by atoms with Crippen LogP contribution in [0.15, 0.2) is 80.5 Å². The third kappa shape index (κ3) is 16.6. The molecule has 212 valence electrons. The number of aryl methyl sites for hydroxylation is 1. The van der Waals surface area contributed by atoms with Crippen LogP contribution in [0.25, 0.3) is 0 Å². The molecule has 0 aliphatic rings. The van der Waals surface area contributed by atoms with E-state index in [1.807, 2.05) is 47.3 Å². The predicted molar refractivity (Wildman–Crippen MR) is 162 cm³/mol. The van der Waals surface area contributed by atoms with Gasteiger partial charge in [-0.2, -0.15) is 0 Å². The molecule has 0 aliphatic carbocycles. The Bertz CT molecular complexity index is 845. The third-order valence-corrected chi connectivity index (χ3v) is 5.46. The average Bonchev–Trinajstić information content (AvgIpc) is 2.94. The normalized spacial score (nSPS) is 10.8. The number of carbonyl (C=O) groups excluding carboxylic acids is 1. The fraction of sp³-hybridized carbons (Fsp3) is 0.452. The molecular weight excluding hydrogens is 474 g/mol. The summed E-state index contributed by atoms with van der Waals surface area (Å²) in [5.41, 5.74) is 11.9. The van der Waals surface area contributed by atoms with Crippen LogP contribution < -0.4 is 21.2 Å². The highest BCUT2D eigenvalue weighted by Crippen LogP contribution is 2.11. The summed E-state index contributed by atoms with van der Waals surface area (Å²) in [4.78, 5) is 14.8. The van der Waals surface area contributed by atoms with E-state index in [2.05, 4.69) is 68.6 Å². The van der Waals surface area contributed by atoms with Crippen LogP contribution in [0.3, 0.4) is 0 Å². The zero-order valence-electron chi connectivity index (χ0n) is 24.1. The Morgan fingerprint density at radius 3 is 2.24 bits per heavy atom.